The minimum absolute atomic E-state index is 0.194. The topological polar surface area (TPSA) is 61.4 Å². The number of rotatable bonds is 6. The maximum absolute atomic E-state index is 11.6. The number of aliphatic hydroxyl groups is 1. The average molecular weight is 325 g/mol. The summed E-state index contributed by atoms with van der Waals surface area (Å²) in [6.45, 7) is 0.709. The van der Waals surface area contributed by atoms with Gasteiger partial charge in [-0.05, 0) is 46.5 Å². The molecule has 3 N–H and O–H groups in total. The summed E-state index contributed by atoms with van der Waals surface area (Å²) in [6.07, 6.45) is 0.0380. The van der Waals surface area contributed by atoms with E-state index in [2.05, 4.69) is 10.6 Å². The number of carbonyl (C=O) groups excluding carboxylic acids is 1. The molecule has 0 saturated carbocycles. The molecule has 6 heteroatoms. The fraction of sp³-hybridized carbons (Fsp3) is 0.267. The minimum atomic E-state index is -0.671. The maximum atomic E-state index is 11.6. The summed E-state index contributed by atoms with van der Waals surface area (Å²) in [7, 11) is 0. The Labute approximate surface area is 132 Å². The molecule has 112 valence electrons. The highest BCUT2D eigenvalue weighted by atomic mass is 35.5. The van der Waals surface area contributed by atoms with Crippen LogP contribution in [-0.2, 0) is 6.42 Å². The molecule has 2 aromatic rings. The van der Waals surface area contributed by atoms with E-state index in [-0.39, 0.29) is 12.6 Å². The Kier molecular flexibility index (Phi) is 6.04. The van der Waals surface area contributed by atoms with Crippen molar-refractivity contribution in [2.75, 3.05) is 13.1 Å². The van der Waals surface area contributed by atoms with Crippen LogP contribution in [0.4, 0.5) is 4.79 Å². The van der Waals surface area contributed by atoms with E-state index in [1.807, 2.05) is 41.1 Å². The van der Waals surface area contributed by atoms with Crippen LogP contribution in [0.25, 0.3) is 0 Å². The van der Waals surface area contributed by atoms with Gasteiger partial charge in [-0.2, -0.15) is 11.3 Å². The lowest BCUT2D eigenvalue weighted by Gasteiger charge is -2.11. The number of halogens is 1. The number of aliphatic hydroxyl groups excluding tert-OH is 1. The quantitative estimate of drug-likeness (QED) is 0.765. The van der Waals surface area contributed by atoms with Gasteiger partial charge in [0.1, 0.15) is 0 Å². The van der Waals surface area contributed by atoms with E-state index in [0.717, 1.165) is 11.1 Å². The minimum Gasteiger partial charge on any atom is -0.387 e. The van der Waals surface area contributed by atoms with Crippen molar-refractivity contribution in [1.82, 2.24) is 10.6 Å². The van der Waals surface area contributed by atoms with Crippen molar-refractivity contribution in [2.45, 2.75) is 12.5 Å². The monoisotopic (exact) mass is 324 g/mol. The molecule has 0 spiro atoms. The van der Waals surface area contributed by atoms with Crippen molar-refractivity contribution in [3.05, 3.63) is 57.2 Å². The Morgan fingerprint density at radius 2 is 2.19 bits per heavy atom. The van der Waals surface area contributed by atoms with Gasteiger partial charge in [-0.15, -0.1) is 0 Å². The van der Waals surface area contributed by atoms with Crippen LogP contribution in [0.5, 0.6) is 0 Å². The van der Waals surface area contributed by atoms with E-state index < -0.39 is 6.10 Å². The molecule has 21 heavy (non-hydrogen) atoms. The van der Waals surface area contributed by atoms with Gasteiger partial charge in [-0.1, -0.05) is 23.7 Å². The molecule has 0 saturated heterocycles. The van der Waals surface area contributed by atoms with Gasteiger partial charge in [-0.3, -0.25) is 0 Å². The molecule has 1 unspecified atom stereocenters. The molecular weight excluding hydrogens is 308 g/mol. The SMILES string of the molecule is O=C(NCCc1cccc(Cl)c1)NCC(O)c1ccsc1. The van der Waals surface area contributed by atoms with Gasteiger partial charge >= 0.3 is 6.03 Å². The summed E-state index contributed by atoms with van der Waals surface area (Å²) in [5.74, 6) is 0. The van der Waals surface area contributed by atoms with Crippen LogP contribution in [0.3, 0.4) is 0 Å². The molecule has 0 fully saturated rings. The lowest BCUT2D eigenvalue weighted by Crippen LogP contribution is -2.38. The van der Waals surface area contributed by atoms with Gasteiger partial charge < -0.3 is 15.7 Å². The van der Waals surface area contributed by atoms with Gasteiger partial charge in [0.05, 0.1) is 6.10 Å². The molecule has 0 aliphatic carbocycles. The Hall–Kier alpha value is -1.56. The lowest BCUT2D eigenvalue weighted by atomic mass is 10.1. The van der Waals surface area contributed by atoms with Crippen molar-refractivity contribution in [2.24, 2.45) is 0 Å². The summed E-state index contributed by atoms with van der Waals surface area (Å²) < 4.78 is 0. The number of nitrogens with one attached hydrogen (secondary N) is 2. The third-order valence-corrected chi connectivity index (χ3v) is 3.91. The van der Waals surface area contributed by atoms with Gasteiger partial charge in [0.25, 0.3) is 0 Å². The van der Waals surface area contributed by atoms with Crippen molar-refractivity contribution in [3.63, 3.8) is 0 Å². The molecule has 0 radical (unpaired) electrons. The number of thiophene rings is 1. The number of hydrogen-bond acceptors (Lipinski definition) is 3. The molecular formula is C15H17ClN2O2S. The predicted molar refractivity (Wildman–Crippen MR) is 85.8 cm³/mol. The summed E-state index contributed by atoms with van der Waals surface area (Å²) in [5.41, 5.74) is 1.89. The first-order valence-corrected chi connectivity index (χ1v) is 7.93. The summed E-state index contributed by atoms with van der Waals surface area (Å²) in [4.78, 5) is 11.6. The summed E-state index contributed by atoms with van der Waals surface area (Å²) >= 11 is 7.41. The second-order valence-corrected chi connectivity index (χ2v) is 5.81. The predicted octanol–water partition coefficient (Wildman–Crippen LogP) is 2.98. The van der Waals surface area contributed by atoms with Gasteiger partial charge in [0.15, 0.2) is 0 Å². The molecule has 1 aromatic carbocycles. The van der Waals surface area contributed by atoms with E-state index in [4.69, 9.17) is 11.6 Å². The van der Waals surface area contributed by atoms with Crippen molar-refractivity contribution >= 4 is 29.0 Å². The molecule has 0 aliphatic rings. The lowest BCUT2D eigenvalue weighted by molar-refractivity contribution is 0.173. The van der Waals surface area contributed by atoms with Crippen LogP contribution in [0.1, 0.15) is 17.2 Å². The standard InChI is InChI=1S/C15H17ClN2O2S/c16-13-3-1-2-11(8-13)4-6-17-15(20)18-9-14(19)12-5-7-21-10-12/h1-3,5,7-8,10,14,19H,4,6,9H2,(H2,17,18,20). The van der Waals surface area contributed by atoms with Gasteiger partial charge in [0, 0.05) is 18.1 Å². The van der Waals surface area contributed by atoms with Crippen molar-refractivity contribution in [3.8, 4) is 0 Å². The van der Waals surface area contributed by atoms with Gasteiger partial charge in [0.2, 0.25) is 0 Å². The Balaban J connectivity index is 1.66. The fourth-order valence-electron chi connectivity index (χ4n) is 1.85. The highest BCUT2D eigenvalue weighted by Gasteiger charge is 2.09. The van der Waals surface area contributed by atoms with Crippen molar-refractivity contribution in [1.29, 1.82) is 0 Å². The third kappa shape index (κ3) is 5.38. The van der Waals surface area contributed by atoms with E-state index >= 15 is 0 Å². The molecule has 0 aliphatic heterocycles. The zero-order valence-corrected chi connectivity index (χ0v) is 13.0. The third-order valence-electron chi connectivity index (χ3n) is 2.97. The van der Waals surface area contributed by atoms with E-state index in [9.17, 15) is 9.90 Å². The zero-order chi connectivity index (χ0) is 15.1. The van der Waals surface area contributed by atoms with Crippen LogP contribution in [-0.4, -0.2) is 24.2 Å². The fourth-order valence-corrected chi connectivity index (χ4v) is 2.77. The van der Waals surface area contributed by atoms with Crippen LogP contribution in [0.15, 0.2) is 41.1 Å². The van der Waals surface area contributed by atoms with Crippen LogP contribution >= 0.6 is 22.9 Å². The first kappa shape index (κ1) is 15.8. The number of amides is 2. The number of urea groups is 1. The van der Waals surface area contributed by atoms with Crippen LogP contribution < -0.4 is 10.6 Å². The Morgan fingerprint density at radius 1 is 1.33 bits per heavy atom. The second kappa shape index (κ2) is 8.02. The van der Waals surface area contributed by atoms with E-state index in [0.29, 0.717) is 18.0 Å². The zero-order valence-electron chi connectivity index (χ0n) is 11.4. The maximum Gasteiger partial charge on any atom is 0.314 e. The van der Waals surface area contributed by atoms with E-state index in [1.54, 1.807) is 0 Å². The first-order chi connectivity index (χ1) is 10.1. The summed E-state index contributed by atoms with van der Waals surface area (Å²) in [5, 5.41) is 19.7. The van der Waals surface area contributed by atoms with E-state index in [1.165, 1.54) is 11.3 Å². The van der Waals surface area contributed by atoms with Gasteiger partial charge in [-0.25, -0.2) is 4.79 Å². The molecule has 1 heterocycles. The normalized spacial score (nSPS) is 11.9. The summed E-state index contributed by atoms with van der Waals surface area (Å²) in [6, 6.07) is 9.10. The highest BCUT2D eigenvalue weighted by molar-refractivity contribution is 7.07. The number of hydrogen-bond donors (Lipinski definition) is 3. The number of carbonyl (C=O) groups is 1. The van der Waals surface area contributed by atoms with Crippen LogP contribution in [0.2, 0.25) is 5.02 Å². The molecule has 0 bridgehead atoms. The molecule has 2 amide bonds. The van der Waals surface area contributed by atoms with Crippen molar-refractivity contribution < 1.29 is 9.90 Å². The van der Waals surface area contributed by atoms with Crippen LogP contribution in [0, 0.1) is 0 Å². The molecule has 4 nitrogen and oxygen atoms in total. The molecule has 1 aromatic heterocycles. The smallest absolute Gasteiger partial charge is 0.314 e. The highest BCUT2D eigenvalue weighted by Crippen LogP contribution is 2.15. The second-order valence-electron chi connectivity index (χ2n) is 4.59. The molecule has 2 rings (SSSR count). The first-order valence-electron chi connectivity index (χ1n) is 6.61. The Bertz CT molecular complexity index is 575. The Morgan fingerprint density at radius 3 is 2.90 bits per heavy atom. The number of benzene rings is 1. The molecule has 1 atom stereocenters. The average Bonchev–Trinajstić information content (AvgIpc) is 2.99. The largest absolute Gasteiger partial charge is 0.387 e.